The van der Waals surface area contributed by atoms with Crippen molar-refractivity contribution < 1.29 is 8.42 Å². The van der Waals surface area contributed by atoms with Crippen LogP contribution in [-0.2, 0) is 10.0 Å². The normalized spacial score (nSPS) is 16.4. The Morgan fingerprint density at radius 1 is 1.07 bits per heavy atom. The molecule has 3 aromatic rings. The molecule has 7 nitrogen and oxygen atoms in total. The molecule has 2 N–H and O–H groups in total. The van der Waals surface area contributed by atoms with Crippen LogP contribution in [0.5, 0.6) is 0 Å². The van der Waals surface area contributed by atoms with Crippen LogP contribution < -0.4 is 10.4 Å². The Morgan fingerprint density at radius 3 is 2.48 bits per heavy atom. The minimum absolute atomic E-state index is 0.0597. The molecule has 154 valence electrons. The van der Waals surface area contributed by atoms with Gasteiger partial charge in [0.2, 0.25) is 10.0 Å². The van der Waals surface area contributed by atoms with Crippen LogP contribution in [0.25, 0.3) is 11.0 Å². The number of imidazole rings is 1. The van der Waals surface area contributed by atoms with E-state index in [9.17, 15) is 13.2 Å². The Balaban J connectivity index is 1.32. The number of nitrogens with zero attached hydrogens (tertiary/aromatic N) is 2. The van der Waals surface area contributed by atoms with Gasteiger partial charge in [-0.15, -0.1) is 0 Å². The van der Waals surface area contributed by atoms with Crippen LogP contribution in [0.2, 0.25) is 0 Å². The van der Waals surface area contributed by atoms with Gasteiger partial charge in [0.15, 0.2) is 0 Å². The molecule has 29 heavy (non-hydrogen) atoms. The summed E-state index contributed by atoms with van der Waals surface area (Å²) in [7, 11) is -3.48. The summed E-state index contributed by atoms with van der Waals surface area (Å²) in [5.74, 6) is 0. The number of hydrogen-bond donors (Lipinski definition) is 2. The second kappa shape index (κ2) is 8.14. The zero-order chi connectivity index (χ0) is 20.4. The molecule has 1 aliphatic rings. The van der Waals surface area contributed by atoms with Gasteiger partial charge in [0.05, 0.1) is 15.9 Å². The summed E-state index contributed by atoms with van der Waals surface area (Å²) in [6, 6.07) is 14.8. The van der Waals surface area contributed by atoms with Gasteiger partial charge in [-0.25, -0.2) is 17.9 Å². The van der Waals surface area contributed by atoms with E-state index < -0.39 is 10.0 Å². The molecule has 1 aromatic heterocycles. The molecule has 0 radical (unpaired) electrons. The van der Waals surface area contributed by atoms with Crippen molar-refractivity contribution in [3.63, 3.8) is 0 Å². The zero-order valence-electron chi connectivity index (χ0n) is 16.5. The maximum Gasteiger partial charge on any atom is 0.326 e. The topological polar surface area (TPSA) is 87.2 Å². The first-order chi connectivity index (χ1) is 13.9. The number of para-hydroxylation sites is 2. The molecular weight excluding hydrogens is 388 g/mol. The largest absolute Gasteiger partial charge is 0.326 e. The lowest BCUT2D eigenvalue weighted by atomic mass is 10.0. The number of aryl methyl sites for hydroxylation is 1. The smallest absolute Gasteiger partial charge is 0.306 e. The van der Waals surface area contributed by atoms with Crippen LogP contribution in [0.15, 0.2) is 58.2 Å². The summed E-state index contributed by atoms with van der Waals surface area (Å²) >= 11 is 0. The standard InChI is InChI=1S/C21H26N4O3S/c1-16-6-8-18(9-7-16)29(27,28)22-12-15-24-13-10-17(11-14-24)25-20-5-3-2-4-19(20)23-21(25)26/h2-9,17,22H,10-15H2,1H3,(H,23,26). The molecule has 8 heteroatoms. The summed E-state index contributed by atoms with van der Waals surface area (Å²) in [6.07, 6.45) is 1.74. The van der Waals surface area contributed by atoms with E-state index in [1.807, 2.05) is 35.8 Å². The second-order valence-electron chi connectivity index (χ2n) is 7.60. The molecule has 2 aromatic carbocycles. The number of aromatic amines is 1. The Labute approximate surface area is 170 Å². The molecule has 4 rings (SSSR count). The quantitative estimate of drug-likeness (QED) is 0.648. The van der Waals surface area contributed by atoms with E-state index in [0.717, 1.165) is 42.5 Å². The third-order valence-electron chi connectivity index (χ3n) is 5.60. The third kappa shape index (κ3) is 4.29. The second-order valence-corrected chi connectivity index (χ2v) is 9.37. The molecule has 1 fully saturated rings. The van der Waals surface area contributed by atoms with Gasteiger partial charge in [0.1, 0.15) is 0 Å². The molecule has 0 saturated carbocycles. The van der Waals surface area contributed by atoms with Crippen LogP contribution in [-0.4, -0.2) is 49.0 Å². The SMILES string of the molecule is Cc1ccc(S(=O)(=O)NCCN2CCC(n3c(=O)[nH]c4ccccc43)CC2)cc1. The average molecular weight is 415 g/mol. The zero-order valence-corrected chi connectivity index (χ0v) is 17.3. The van der Waals surface area contributed by atoms with E-state index in [2.05, 4.69) is 14.6 Å². The van der Waals surface area contributed by atoms with Crippen LogP contribution in [0.1, 0.15) is 24.4 Å². The minimum Gasteiger partial charge on any atom is -0.306 e. The summed E-state index contributed by atoms with van der Waals surface area (Å²) in [6.45, 7) is 4.62. The van der Waals surface area contributed by atoms with E-state index in [1.165, 1.54) is 0 Å². The fourth-order valence-electron chi connectivity index (χ4n) is 3.98. The van der Waals surface area contributed by atoms with E-state index in [1.54, 1.807) is 24.3 Å². The lowest BCUT2D eigenvalue weighted by molar-refractivity contribution is 0.190. The number of sulfonamides is 1. The van der Waals surface area contributed by atoms with Crippen LogP contribution in [0.3, 0.4) is 0 Å². The van der Waals surface area contributed by atoms with Crippen molar-refractivity contribution in [2.45, 2.75) is 30.7 Å². The number of benzene rings is 2. The molecule has 1 saturated heterocycles. The van der Waals surface area contributed by atoms with E-state index in [0.29, 0.717) is 18.0 Å². The molecule has 0 amide bonds. The van der Waals surface area contributed by atoms with Crippen molar-refractivity contribution in [3.05, 3.63) is 64.6 Å². The maximum absolute atomic E-state index is 12.4. The number of likely N-dealkylation sites (tertiary alicyclic amines) is 1. The summed E-state index contributed by atoms with van der Waals surface area (Å²) < 4.78 is 29.3. The third-order valence-corrected chi connectivity index (χ3v) is 7.07. The van der Waals surface area contributed by atoms with Gasteiger partial charge in [0.25, 0.3) is 0 Å². The molecular formula is C21H26N4O3S. The number of rotatable bonds is 6. The molecule has 0 atom stereocenters. The molecule has 0 aliphatic carbocycles. The van der Waals surface area contributed by atoms with E-state index in [4.69, 9.17) is 0 Å². The van der Waals surface area contributed by atoms with Crippen LogP contribution in [0.4, 0.5) is 0 Å². The fourth-order valence-corrected chi connectivity index (χ4v) is 5.00. The van der Waals surface area contributed by atoms with Gasteiger partial charge in [-0.3, -0.25) is 4.57 Å². The lowest BCUT2D eigenvalue weighted by Gasteiger charge is -2.32. The highest BCUT2D eigenvalue weighted by atomic mass is 32.2. The van der Waals surface area contributed by atoms with E-state index >= 15 is 0 Å². The summed E-state index contributed by atoms with van der Waals surface area (Å²) in [5.41, 5.74) is 2.78. The van der Waals surface area contributed by atoms with Crippen LogP contribution >= 0.6 is 0 Å². The first kappa shape index (κ1) is 19.9. The van der Waals surface area contributed by atoms with Gasteiger partial charge >= 0.3 is 5.69 Å². The highest BCUT2D eigenvalue weighted by molar-refractivity contribution is 7.89. The van der Waals surface area contributed by atoms with Crippen molar-refractivity contribution in [2.75, 3.05) is 26.2 Å². The van der Waals surface area contributed by atoms with Crippen molar-refractivity contribution >= 4 is 21.1 Å². The molecule has 0 unspecified atom stereocenters. The average Bonchev–Trinajstić information content (AvgIpc) is 3.04. The summed E-state index contributed by atoms with van der Waals surface area (Å²) in [4.78, 5) is 17.8. The van der Waals surface area contributed by atoms with Crippen molar-refractivity contribution in [2.24, 2.45) is 0 Å². The number of hydrogen-bond acceptors (Lipinski definition) is 4. The first-order valence-corrected chi connectivity index (χ1v) is 11.4. The monoisotopic (exact) mass is 414 g/mol. The predicted octanol–water partition coefficient (Wildman–Crippen LogP) is 2.25. The van der Waals surface area contributed by atoms with Gasteiger partial charge < -0.3 is 9.88 Å². The van der Waals surface area contributed by atoms with Crippen LogP contribution in [0, 0.1) is 6.92 Å². The maximum atomic E-state index is 12.4. The number of piperidine rings is 1. The van der Waals surface area contributed by atoms with Gasteiger partial charge in [-0.1, -0.05) is 29.8 Å². The van der Waals surface area contributed by atoms with Crippen molar-refractivity contribution in [1.82, 2.24) is 19.2 Å². The van der Waals surface area contributed by atoms with Gasteiger partial charge in [0, 0.05) is 32.2 Å². The number of aromatic nitrogens is 2. The predicted molar refractivity (Wildman–Crippen MR) is 114 cm³/mol. The Morgan fingerprint density at radius 2 is 1.76 bits per heavy atom. The minimum atomic E-state index is -3.48. The van der Waals surface area contributed by atoms with E-state index in [-0.39, 0.29) is 11.7 Å². The molecule has 1 aliphatic heterocycles. The molecule has 0 spiro atoms. The Kier molecular flexibility index (Phi) is 5.58. The first-order valence-electron chi connectivity index (χ1n) is 9.92. The molecule has 2 heterocycles. The van der Waals surface area contributed by atoms with Crippen molar-refractivity contribution in [3.8, 4) is 0 Å². The molecule has 0 bridgehead atoms. The fraction of sp³-hybridized carbons (Fsp3) is 0.381. The highest BCUT2D eigenvalue weighted by Crippen LogP contribution is 2.24. The van der Waals surface area contributed by atoms with Crippen molar-refractivity contribution in [1.29, 1.82) is 0 Å². The number of nitrogens with one attached hydrogen (secondary N) is 2. The highest BCUT2D eigenvalue weighted by Gasteiger charge is 2.23. The Bertz CT molecular complexity index is 1140. The number of fused-ring (bicyclic) bond motifs is 1. The lowest BCUT2D eigenvalue weighted by Crippen LogP contribution is -2.41. The van der Waals surface area contributed by atoms with Gasteiger partial charge in [-0.05, 0) is 44.0 Å². The van der Waals surface area contributed by atoms with Gasteiger partial charge in [-0.2, -0.15) is 0 Å². The Hall–Kier alpha value is -2.42. The summed E-state index contributed by atoms with van der Waals surface area (Å²) in [5, 5.41) is 0. The number of H-pyrrole nitrogens is 1.